The molecule has 0 radical (unpaired) electrons. The van der Waals surface area contributed by atoms with Crippen LogP contribution in [0.4, 0.5) is 0 Å². The highest BCUT2D eigenvalue weighted by Gasteiger charge is 2.28. The topological polar surface area (TPSA) is 35.5 Å². The van der Waals surface area contributed by atoms with Crippen LogP contribution in [-0.2, 0) is 14.3 Å². The van der Waals surface area contributed by atoms with Gasteiger partial charge in [0.05, 0.1) is 0 Å². The summed E-state index contributed by atoms with van der Waals surface area (Å²) in [6, 6.07) is 0. The summed E-state index contributed by atoms with van der Waals surface area (Å²) in [4.78, 5) is 11.3. The van der Waals surface area contributed by atoms with E-state index < -0.39 is 0 Å². The highest BCUT2D eigenvalue weighted by Crippen LogP contribution is 2.26. The second-order valence-electron chi connectivity index (χ2n) is 4.19. The number of rotatable bonds is 3. The quantitative estimate of drug-likeness (QED) is 0.549. The van der Waals surface area contributed by atoms with Gasteiger partial charge in [-0.3, -0.25) is 4.79 Å². The minimum Gasteiger partial charge on any atom is -0.477 e. The molecule has 15 heavy (non-hydrogen) atoms. The summed E-state index contributed by atoms with van der Waals surface area (Å²) in [7, 11) is 0. The molecule has 0 saturated carbocycles. The molecule has 0 fully saturated rings. The maximum atomic E-state index is 11.3. The Hall–Kier alpha value is -0.900. The van der Waals surface area contributed by atoms with E-state index in [9.17, 15) is 4.79 Å². The summed E-state index contributed by atoms with van der Waals surface area (Å²) in [5.74, 6) is 0.402. The second kappa shape index (κ2) is 4.75. The van der Waals surface area contributed by atoms with E-state index in [4.69, 9.17) is 21.7 Å². The van der Waals surface area contributed by atoms with E-state index in [1.165, 1.54) is 0 Å². The molecule has 1 heterocycles. The van der Waals surface area contributed by atoms with Crippen molar-refractivity contribution in [3.63, 3.8) is 0 Å². The maximum Gasteiger partial charge on any atom is 0.310 e. The van der Waals surface area contributed by atoms with Gasteiger partial charge in [0.15, 0.2) is 5.05 Å². The Labute approximate surface area is 95.4 Å². The van der Waals surface area contributed by atoms with Gasteiger partial charge in [-0.25, -0.2) is 0 Å². The van der Waals surface area contributed by atoms with E-state index in [0.29, 0.717) is 23.7 Å². The van der Waals surface area contributed by atoms with Gasteiger partial charge in [-0.1, -0.05) is 6.92 Å². The third kappa shape index (κ3) is 4.00. The molecule has 1 rings (SSSR count). The number of hydrogen-bond donors (Lipinski definition) is 0. The predicted molar refractivity (Wildman–Crippen MR) is 61.5 cm³/mol. The Kier molecular flexibility index (Phi) is 3.85. The molecule has 0 spiro atoms. The lowest BCUT2D eigenvalue weighted by Gasteiger charge is -2.30. The van der Waals surface area contributed by atoms with Crippen molar-refractivity contribution in [1.29, 1.82) is 0 Å². The molecular formula is C11H16O3S. The lowest BCUT2D eigenvalue weighted by atomic mass is 10.0. The number of carbonyl (C=O) groups excluding carboxylic acids is 1. The van der Waals surface area contributed by atoms with Gasteiger partial charge in [0, 0.05) is 18.9 Å². The molecule has 0 unspecified atom stereocenters. The molecule has 0 atom stereocenters. The fraction of sp³-hybridized carbons (Fsp3) is 0.636. The van der Waals surface area contributed by atoms with E-state index >= 15 is 0 Å². The lowest BCUT2D eigenvalue weighted by molar-refractivity contribution is -0.140. The minimum absolute atomic E-state index is 0.204. The van der Waals surface area contributed by atoms with Gasteiger partial charge in [-0.2, -0.15) is 0 Å². The fourth-order valence-corrected chi connectivity index (χ4v) is 1.76. The van der Waals surface area contributed by atoms with Gasteiger partial charge in [-0.05, 0) is 32.5 Å². The third-order valence-electron chi connectivity index (χ3n) is 1.95. The SMILES string of the molecule is CCCC(=O)OC1=CC(=S)OC(C)(C)C1. The van der Waals surface area contributed by atoms with E-state index in [1.807, 2.05) is 20.8 Å². The number of ether oxygens (including phenoxy) is 2. The van der Waals surface area contributed by atoms with Gasteiger partial charge in [0.2, 0.25) is 0 Å². The summed E-state index contributed by atoms with van der Waals surface area (Å²) in [5.41, 5.74) is -0.381. The molecule has 0 aromatic rings. The van der Waals surface area contributed by atoms with Crippen LogP contribution < -0.4 is 0 Å². The molecule has 0 saturated heterocycles. The molecule has 0 amide bonds. The first-order valence-electron chi connectivity index (χ1n) is 5.07. The molecule has 0 aromatic heterocycles. The van der Waals surface area contributed by atoms with Gasteiger partial charge in [-0.15, -0.1) is 0 Å². The molecule has 0 aliphatic carbocycles. The number of esters is 1. The molecule has 84 valence electrons. The molecule has 3 nitrogen and oxygen atoms in total. The molecular weight excluding hydrogens is 212 g/mol. The normalized spacial score (nSPS) is 19.1. The van der Waals surface area contributed by atoms with Crippen LogP contribution in [0.2, 0.25) is 0 Å². The van der Waals surface area contributed by atoms with Crippen molar-refractivity contribution in [2.75, 3.05) is 0 Å². The van der Waals surface area contributed by atoms with Crippen LogP contribution >= 0.6 is 12.2 Å². The zero-order valence-corrected chi connectivity index (χ0v) is 10.1. The zero-order chi connectivity index (χ0) is 11.5. The first kappa shape index (κ1) is 12.2. The molecule has 0 N–H and O–H groups in total. The molecule has 1 aliphatic rings. The second-order valence-corrected chi connectivity index (χ2v) is 4.59. The summed E-state index contributed by atoms with van der Waals surface area (Å²) in [6.45, 7) is 5.77. The van der Waals surface area contributed by atoms with Crippen LogP contribution in [0, 0.1) is 0 Å². The monoisotopic (exact) mass is 228 g/mol. The molecule has 1 aliphatic heterocycles. The molecule has 0 aromatic carbocycles. The van der Waals surface area contributed by atoms with E-state index in [0.717, 1.165) is 6.42 Å². The van der Waals surface area contributed by atoms with Crippen molar-refractivity contribution >= 4 is 23.2 Å². The Balaban J connectivity index is 2.62. The van der Waals surface area contributed by atoms with Crippen molar-refractivity contribution in [2.24, 2.45) is 0 Å². The average molecular weight is 228 g/mol. The van der Waals surface area contributed by atoms with Crippen molar-refractivity contribution in [3.05, 3.63) is 11.8 Å². The van der Waals surface area contributed by atoms with Gasteiger partial charge >= 0.3 is 5.97 Å². The van der Waals surface area contributed by atoms with Crippen LogP contribution in [0.25, 0.3) is 0 Å². The van der Waals surface area contributed by atoms with Crippen molar-refractivity contribution in [1.82, 2.24) is 0 Å². The van der Waals surface area contributed by atoms with Gasteiger partial charge in [0.1, 0.15) is 11.4 Å². The smallest absolute Gasteiger partial charge is 0.310 e. The lowest BCUT2D eigenvalue weighted by Crippen LogP contribution is -2.32. The van der Waals surface area contributed by atoms with Crippen LogP contribution in [0.1, 0.15) is 40.0 Å². The highest BCUT2D eigenvalue weighted by atomic mass is 32.1. The van der Waals surface area contributed by atoms with Crippen LogP contribution in [0.15, 0.2) is 11.8 Å². The van der Waals surface area contributed by atoms with Crippen LogP contribution in [-0.4, -0.2) is 16.6 Å². The van der Waals surface area contributed by atoms with Gasteiger partial charge < -0.3 is 9.47 Å². The van der Waals surface area contributed by atoms with Crippen LogP contribution in [0.3, 0.4) is 0 Å². The summed E-state index contributed by atoms with van der Waals surface area (Å²) in [6.07, 6.45) is 3.40. The van der Waals surface area contributed by atoms with E-state index in [1.54, 1.807) is 6.08 Å². The van der Waals surface area contributed by atoms with Gasteiger partial charge in [0.25, 0.3) is 0 Å². The first-order chi connectivity index (χ1) is 6.93. The zero-order valence-electron chi connectivity index (χ0n) is 9.33. The largest absolute Gasteiger partial charge is 0.477 e. The summed E-state index contributed by atoms with van der Waals surface area (Å²) < 4.78 is 10.6. The number of thiocarbonyl (C=S) groups is 1. The number of carbonyl (C=O) groups is 1. The minimum atomic E-state index is -0.381. The Morgan fingerprint density at radius 3 is 2.87 bits per heavy atom. The number of hydrogen-bond acceptors (Lipinski definition) is 4. The predicted octanol–water partition coefficient (Wildman–Crippen LogP) is 2.74. The van der Waals surface area contributed by atoms with E-state index in [2.05, 4.69) is 0 Å². The van der Waals surface area contributed by atoms with Crippen molar-refractivity contribution < 1.29 is 14.3 Å². The van der Waals surface area contributed by atoms with E-state index in [-0.39, 0.29) is 11.6 Å². The summed E-state index contributed by atoms with van der Waals surface area (Å²) in [5, 5.41) is 0.380. The Morgan fingerprint density at radius 2 is 2.33 bits per heavy atom. The fourth-order valence-electron chi connectivity index (χ4n) is 1.41. The highest BCUT2D eigenvalue weighted by molar-refractivity contribution is 7.80. The average Bonchev–Trinajstić information content (AvgIpc) is 1.99. The molecule has 4 heteroatoms. The summed E-state index contributed by atoms with van der Waals surface area (Å²) >= 11 is 4.96. The Bertz CT molecular complexity index is 305. The van der Waals surface area contributed by atoms with Crippen LogP contribution in [0.5, 0.6) is 0 Å². The Morgan fingerprint density at radius 1 is 1.67 bits per heavy atom. The first-order valence-corrected chi connectivity index (χ1v) is 5.48. The standard InChI is InChI=1S/C11H16O3S/c1-4-5-9(12)13-8-6-10(15)14-11(2,3)7-8/h6H,4-5,7H2,1-3H3. The van der Waals surface area contributed by atoms with Crippen molar-refractivity contribution in [2.45, 2.75) is 45.6 Å². The molecule has 0 bridgehead atoms. The third-order valence-corrected chi connectivity index (χ3v) is 2.16. The van der Waals surface area contributed by atoms with Crippen molar-refractivity contribution in [3.8, 4) is 0 Å². The maximum absolute atomic E-state index is 11.3.